The number of hydrogen-bond donors (Lipinski definition) is 1. The monoisotopic (exact) mass is 306 g/mol. The first-order valence-electron chi connectivity index (χ1n) is 6.03. The fourth-order valence-corrected chi connectivity index (χ4v) is 2.36. The van der Waals surface area contributed by atoms with E-state index < -0.39 is 11.6 Å². The zero-order valence-corrected chi connectivity index (χ0v) is 11.4. The highest BCUT2D eigenvalue weighted by molar-refractivity contribution is 6.33. The maximum Gasteiger partial charge on any atom is 0.181 e. The summed E-state index contributed by atoms with van der Waals surface area (Å²) in [6.07, 6.45) is 0. The zero-order chi connectivity index (χ0) is 15.0. The van der Waals surface area contributed by atoms with Crippen LogP contribution in [0.25, 0.3) is 22.5 Å². The lowest BCUT2D eigenvalue weighted by molar-refractivity contribution is 0.433. The SMILES string of the molecule is Nc1noc(-c2c(F)cccc2Cl)c1-c1cccc(F)c1. The minimum atomic E-state index is -0.573. The van der Waals surface area contributed by atoms with Crippen LogP contribution in [0.1, 0.15) is 0 Å². The summed E-state index contributed by atoms with van der Waals surface area (Å²) in [5.41, 5.74) is 6.55. The van der Waals surface area contributed by atoms with E-state index in [1.54, 1.807) is 6.07 Å². The molecule has 106 valence electrons. The van der Waals surface area contributed by atoms with Crippen molar-refractivity contribution >= 4 is 17.4 Å². The molecule has 21 heavy (non-hydrogen) atoms. The van der Waals surface area contributed by atoms with Crippen LogP contribution in [-0.4, -0.2) is 5.16 Å². The Kier molecular flexibility index (Phi) is 3.35. The standard InChI is InChI=1S/C15H9ClF2N2O/c16-10-5-2-6-11(18)13(10)14-12(15(19)20-21-14)8-3-1-4-9(17)7-8/h1-7H,(H2,19,20). The molecule has 0 saturated heterocycles. The summed E-state index contributed by atoms with van der Waals surface area (Å²) in [4.78, 5) is 0. The molecule has 1 heterocycles. The molecule has 2 aromatic carbocycles. The summed E-state index contributed by atoms with van der Waals surface area (Å²) in [5.74, 6) is -0.911. The first kappa shape index (κ1) is 13.6. The van der Waals surface area contributed by atoms with E-state index in [4.69, 9.17) is 21.9 Å². The van der Waals surface area contributed by atoms with E-state index in [9.17, 15) is 8.78 Å². The zero-order valence-electron chi connectivity index (χ0n) is 10.6. The Balaban J connectivity index is 2.27. The van der Waals surface area contributed by atoms with Gasteiger partial charge in [-0.15, -0.1) is 0 Å². The van der Waals surface area contributed by atoms with Crippen LogP contribution in [0.4, 0.5) is 14.6 Å². The summed E-state index contributed by atoms with van der Waals surface area (Å²) < 4.78 is 32.5. The molecule has 0 spiro atoms. The molecule has 3 rings (SSSR count). The van der Waals surface area contributed by atoms with Crippen LogP contribution in [-0.2, 0) is 0 Å². The van der Waals surface area contributed by atoms with E-state index in [1.807, 2.05) is 0 Å². The van der Waals surface area contributed by atoms with Gasteiger partial charge in [0.1, 0.15) is 11.6 Å². The van der Waals surface area contributed by atoms with Gasteiger partial charge in [0, 0.05) is 0 Å². The molecule has 1 aromatic heterocycles. The number of nitrogens with two attached hydrogens (primary N) is 1. The highest BCUT2D eigenvalue weighted by Crippen LogP contribution is 2.40. The average molecular weight is 307 g/mol. The number of anilines is 1. The molecule has 0 aliphatic carbocycles. The number of nitrogens with zero attached hydrogens (tertiary/aromatic N) is 1. The van der Waals surface area contributed by atoms with Gasteiger partial charge in [0.15, 0.2) is 11.6 Å². The Morgan fingerprint density at radius 3 is 2.52 bits per heavy atom. The van der Waals surface area contributed by atoms with Gasteiger partial charge in [-0.2, -0.15) is 0 Å². The Morgan fingerprint density at radius 2 is 1.81 bits per heavy atom. The first-order valence-corrected chi connectivity index (χ1v) is 6.41. The quantitative estimate of drug-likeness (QED) is 0.757. The number of hydrogen-bond acceptors (Lipinski definition) is 3. The molecule has 0 fully saturated rings. The molecule has 0 radical (unpaired) electrons. The normalized spacial score (nSPS) is 10.8. The van der Waals surface area contributed by atoms with E-state index in [-0.39, 0.29) is 22.2 Å². The van der Waals surface area contributed by atoms with E-state index >= 15 is 0 Å². The molecule has 0 atom stereocenters. The third-order valence-electron chi connectivity index (χ3n) is 3.02. The van der Waals surface area contributed by atoms with Crippen LogP contribution in [0.2, 0.25) is 5.02 Å². The van der Waals surface area contributed by atoms with Gasteiger partial charge in [-0.1, -0.05) is 35.0 Å². The molecular formula is C15H9ClF2N2O. The number of benzene rings is 2. The van der Waals surface area contributed by atoms with Crippen molar-refractivity contribution in [1.82, 2.24) is 5.16 Å². The van der Waals surface area contributed by atoms with Crippen LogP contribution < -0.4 is 5.73 Å². The third kappa shape index (κ3) is 2.36. The Hall–Kier alpha value is -2.40. The summed E-state index contributed by atoms with van der Waals surface area (Å²) in [5, 5.41) is 3.79. The van der Waals surface area contributed by atoms with Gasteiger partial charge in [0.05, 0.1) is 16.1 Å². The second kappa shape index (κ2) is 5.18. The van der Waals surface area contributed by atoms with Crippen molar-refractivity contribution in [3.05, 3.63) is 59.1 Å². The molecule has 3 nitrogen and oxygen atoms in total. The van der Waals surface area contributed by atoms with Crippen molar-refractivity contribution < 1.29 is 13.3 Å². The fourth-order valence-electron chi connectivity index (χ4n) is 2.11. The number of rotatable bonds is 2. The highest BCUT2D eigenvalue weighted by atomic mass is 35.5. The largest absolute Gasteiger partial charge is 0.380 e. The maximum atomic E-state index is 14.0. The lowest BCUT2D eigenvalue weighted by Gasteiger charge is -2.06. The summed E-state index contributed by atoms with van der Waals surface area (Å²) in [6, 6.07) is 9.95. The summed E-state index contributed by atoms with van der Waals surface area (Å²) >= 11 is 6.02. The molecule has 0 aliphatic heterocycles. The molecule has 3 aromatic rings. The van der Waals surface area contributed by atoms with Gasteiger partial charge in [-0.05, 0) is 29.8 Å². The van der Waals surface area contributed by atoms with Gasteiger partial charge in [0.2, 0.25) is 0 Å². The molecule has 2 N–H and O–H groups in total. The molecule has 0 saturated carbocycles. The number of halogens is 3. The fraction of sp³-hybridized carbons (Fsp3) is 0. The van der Waals surface area contributed by atoms with Gasteiger partial charge < -0.3 is 10.3 Å². The van der Waals surface area contributed by atoms with Crippen LogP contribution in [0.5, 0.6) is 0 Å². The van der Waals surface area contributed by atoms with Gasteiger partial charge in [-0.25, -0.2) is 8.78 Å². The van der Waals surface area contributed by atoms with Gasteiger partial charge >= 0.3 is 0 Å². The second-order valence-electron chi connectivity index (χ2n) is 4.38. The van der Waals surface area contributed by atoms with Crippen molar-refractivity contribution in [2.45, 2.75) is 0 Å². The average Bonchev–Trinajstić information content (AvgIpc) is 2.80. The Bertz CT molecular complexity index is 797. The molecule has 6 heteroatoms. The minimum Gasteiger partial charge on any atom is -0.380 e. The van der Waals surface area contributed by atoms with Crippen molar-refractivity contribution in [2.24, 2.45) is 0 Å². The first-order chi connectivity index (χ1) is 10.1. The topological polar surface area (TPSA) is 52.0 Å². The summed E-state index contributed by atoms with van der Waals surface area (Å²) in [6.45, 7) is 0. The van der Waals surface area contributed by atoms with Gasteiger partial charge in [-0.3, -0.25) is 0 Å². The lowest BCUT2D eigenvalue weighted by Crippen LogP contribution is -1.91. The van der Waals surface area contributed by atoms with Crippen molar-refractivity contribution in [3.8, 4) is 22.5 Å². The maximum absolute atomic E-state index is 14.0. The van der Waals surface area contributed by atoms with Crippen LogP contribution in [0.15, 0.2) is 47.0 Å². The minimum absolute atomic E-state index is 0.0370. The predicted octanol–water partition coefficient (Wildman–Crippen LogP) is 4.52. The molecule has 0 bridgehead atoms. The summed E-state index contributed by atoms with van der Waals surface area (Å²) in [7, 11) is 0. The van der Waals surface area contributed by atoms with E-state index in [0.717, 1.165) is 0 Å². The molecule has 0 aliphatic rings. The van der Waals surface area contributed by atoms with Crippen LogP contribution in [0.3, 0.4) is 0 Å². The van der Waals surface area contributed by atoms with Crippen molar-refractivity contribution in [2.75, 3.05) is 5.73 Å². The number of aromatic nitrogens is 1. The highest BCUT2D eigenvalue weighted by Gasteiger charge is 2.22. The number of nitrogen functional groups attached to an aromatic ring is 1. The Morgan fingerprint density at radius 1 is 1.05 bits per heavy atom. The molecule has 0 unspecified atom stereocenters. The third-order valence-corrected chi connectivity index (χ3v) is 3.34. The van der Waals surface area contributed by atoms with Crippen molar-refractivity contribution in [3.63, 3.8) is 0 Å². The van der Waals surface area contributed by atoms with Crippen molar-refractivity contribution in [1.29, 1.82) is 0 Å². The predicted molar refractivity (Wildman–Crippen MR) is 76.7 cm³/mol. The van der Waals surface area contributed by atoms with Gasteiger partial charge in [0.25, 0.3) is 0 Å². The van der Waals surface area contributed by atoms with Crippen LogP contribution >= 0.6 is 11.6 Å². The van der Waals surface area contributed by atoms with E-state index in [0.29, 0.717) is 11.1 Å². The van der Waals surface area contributed by atoms with Crippen LogP contribution in [0, 0.1) is 11.6 Å². The second-order valence-corrected chi connectivity index (χ2v) is 4.79. The Labute approximate surface area is 123 Å². The molecular weight excluding hydrogens is 298 g/mol. The molecule has 0 amide bonds. The van der Waals surface area contributed by atoms with E-state index in [1.165, 1.54) is 36.4 Å². The smallest absolute Gasteiger partial charge is 0.181 e. The van der Waals surface area contributed by atoms with E-state index in [2.05, 4.69) is 5.16 Å². The lowest BCUT2D eigenvalue weighted by atomic mass is 10.0.